The Hall–Kier alpha value is -1.94. The highest BCUT2D eigenvalue weighted by Crippen LogP contribution is 2.04. The van der Waals surface area contributed by atoms with Crippen LogP contribution in [0.5, 0.6) is 0 Å². The number of aryl methyl sites for hydroxylation is 2. The number of benzene rings is 1. The second-order valence-corrected chi connectivity index (χ2v) is 4.15. The first-order valence-corrected chi connectivity index (χ1v) is 6.00. The lowest BCUT2D eigenvalue weighted by Gasteiger charge is -1.97. The maximum absolute atomic E-state index is 3.23. The standard InChI is InChI=1S/C16H17N/c1-17-14-8-13-16(17)12-7-3-6-11-15-9-4-2-5-10-15/h2,4-5,8-10,13-14H,3,6,11H2,1H3. The summed E-state index contributed by atoms with van der Waals surface area (Å²) in [7, 11) is 2.02. The molecule has 0 fully saturated rings. The van der Waals surface area contributed by atoms with E-state index in [1.54, 1.807) is 0 Å². The van der Waals surface area contributed by atoms with Crippen molar-refractivity contribution in [2.45, 2.75) is 19.3 Å². The summed E-state index contributed by atoms with van der Waals surface area (Å²) >= 11 is 0. The van der Waals surface area contributed by atoms with Crippen LogP contribution in [0.4, 0.5) is 0 Å². The molecule has 17 heavy (non-hydrogen) atoms. The van der Waals surface area contributed by atoms with E-state index in [1.807, 2.05) is 29.9 Å². The van der Waals surface area contributed by atoms with Crippen LogP contribution in [0, 0.1) is 11.8 Å². The van der Waals surface area contributed by atoms with Crippen LogP contribution in [0.25, 0.3) is 0 Å². The molecule has 0 bridgehead atoms. The van der Waals surface area contributed by atoms with E-state index in [1.165, 1.54) is 5.56 Å². The maximum atomic E-state index is 3.23. The molecule has 2 rings (SSSR count). The fourth-order valence-corrected chi connectivity index (χ4v) is 1.77. The Kier molecular flexibility index (Phi) is 4.05. The first-order valence-electron chi connectivity index (χ1n) is 6.00. The average Bonchev–Trinajstić information content (AvgIpc) is 2.76. The molecule has 0 N–H and O–H groups in total. The van der Waals surface area contributed by atoms with Gasteiger partial charge >= 0.3 is 0 Å². The van der Waals surface area contributed by atoms with Gasteiger partial charge in [-0.05, 0) is 36.5 Å². The van der Waals surface area contributed by atoms with Crippen molar-refractivity contribution in [3.8, 4) is 11.8 Å². The van der Waals surface area contributed by atoms with Crippen LogP contribution in [0.3, 0.4) is 0 Å². The molecule has 86 valence electrons. The predicted octanol–water partition coefficient (Wildman–Crippen LogP) is 3.40. The molecule has 0 saturated heterocycles. The van der Waals surface area contributed by atoms with Crippen LogP contribution in [0.15, 0.2) is 48.7 Å². The van der Waals surface area contributed by atoms with Gasteiger partial charge < -0.3 is 4.57 Å². The van der Waals surface area contributed by atoms with E-state index in [2.05, 4.69) is 42.2 Å². The summed E-state index contributed by atoms with van der Waals surface area (Å²) in [6.45, 7) is 0. The normalized spacial score (nSPS) is 9.71. The second-order valence-electron chi connectivity index (χ2n) is 4.15. The molecule has 0 aliphatic rings. The van der Waals surface area contributed by atoms with E-state index in [-0.39, 0.29) is 0 Å². The third kappa shape index (κ3) is 3.53. The Morgan fingerprint density at radius 1 is 1.06 bits per heavy atom. The van der Waals surface area contributed by atoms with Crippen molar-refractivity contribution in [3.05, 3.63) is 59.9 Å². The Labute approximate surface area is 103 Å². The molecule has 1 aromatic carbocycles. The van der Waals surface area contributed by atoms with Crippen molar-refractivity contribution in [1.29, 1.82) is 0 Å². The van der Waals surface area contributed by atoms with Crippen molar-refractivity contribution < 1.29 is 0 Å². The summed E-state index contributed by atoms with van der Waals surface area (Å²) in [5, 5.41) is 0. The van der Waals surface area contributed by atoms with Crippen LogP contribution >= 0.6 is 0 Å². The van der Waals surface area contributed by atoms with Gasteiger partial charge in [-0.1, -0.05) is 36.3 Å². The van der Waals surface area contributed by atoms with Gasteiger partial charge in [0.2, 0.25) is 0 Å². The van der Waals surface area contributed by atoms with Crippen LogP contribution in [0.1, 0.15) is 24.1 Å². The maximum Gasteiger partial charge on any atom is 0.0916 e. The number of hydrogen-bond donors (Lipinski definition) is 0. The highest BCUT2D eigenvalue weighted by atomic mass is 14.9. The summed E-state index contributed by atoms with van der Waals surface area (Å²) in [4.78, 5) is 0. The van der Waals surface area contributed by atoms with Crippen LogP contribution < -0.4 is 0 Å². The van der Waals surface area contributed by atoms with Crippen molar-refractivity contribution >= 4 is 0 Å². The summed E-state index contributed by atoms with van der Waals surface area (Å²) in [5.74, 6) is 6.42. The van der Waals surface area contributed by atoms with Crippen molar-refractivity contribution in [2.75, 3.05) is 0 Å². The molecular formula is C16H17N. The quantitative estimate of drug-likeness (QED) is 0.555. The Morgan fingerprint density at radius 2 is 1.88 bits per heavy atom. The smallest absolute Gasteiger partial charge is 0.0916 e. The highest BCUT2D eigenvalue weighted by molar-refractivity contribution is 5.28. The first-order chi connectivity index (χ1) is 8.36. The van der Waals surface area contributed by atoms with E-state index in [4.69, 9.17) is 0 Å². The van der Waals surface area contributed by atoms with Gasteiger partial charge in [-0.3, -0.25) is 0 Å². The molecular weight excluding hydrogens is 206 g/mol. The number of nitrogens with zero attached hydrogens (tertiary/aromatic N) is 1. The summed E-state index contributed by atoms with van der Waals surface area (Å²) < 4.78 is 2.05. The Bertz CT molecular complexity index is 511. The molecule has 0 atom stereocenters. The SMILES string of the molecule is Cn1cccc1C#CCCCc1ccccc1. The van der Waals surface area contributed by atoms with Gasteiger partial charge in [0.25, 0.3) is 0 Å². The molecule has 0 aliphatic carbocycles. The Balaban J connectivity index is 1.78. The van der Waals surface area contributed by atoms with Gasteiger partial charge in [0, 0.05) is 19.7 Å². The minimum Gasteiger partial charge on any atom is -0.344 e. The molecule has 0 radical (unpaired) electrons. The van der Waals surface area contributed by atoms with Crippen molar-refractivity contribution in [3.63, 3.8) is 0 Å². The fraction of sp³-hybridized carbons (Fsp3) is 0.250. The zero-order valence-corrected chi connectivity index (χ0v) is 10.2. The van der Waals surface area contributed by atoms with E-state index >= 15 is 0 Å². The molecule has 2 aromatic rings. The molecule has 1 heterocycles. The lowest BCUT2D eigenvalue weighted by Crippen LogP contribution is -1.88. The van der Waals surface area contributed by atoms with E-state index < -0.39 is 0 Å². The monoisotopic (exact) mass is 223 g/mol. The molecule has 0 amide bonds. The topological polar surface area (TPSA) is 4.93 Å². The fourth-order valence-electron chi connectivity index (χ4n) is 1.77. The van der Waals surface area contributed by atoms with Crippen molar-refractivity contribution in [1.82, 2.24) is 4.57 Å². The lowest BCUT2D eigenvalue weighted by atomic mass is 10.1. The zero-order valence-electron chi connectivity index (χ0n) is 10.2. The van der Waals surface area contributed by atoms with E-state index in [0.717, 1.165) is 25.0 Å². The highest BCUT2D eigenvalue weighted by Gasteiger charge is 1.91. The van der Waals surface area contributed by atoms with Gasteiger partial charge in [0.1, 0.15) is 0 Å². The number of unbranched alkanes of at least 4 members (excludes halogenated alkanes) is 1. The van der Waals surface area contributed by atoms with Crippen molar-refractivity contribution in [2.24, 2.45) is 7.05 Å². The molecule has 0 saturated carbocycles. The third-order valence-corrected chi connectivity index (χ3v) is 2.77. The zero-order chi connectivity index (χ0) is 11.9. The average molecular weight is 223 g/mol. The largest absolute Gasteiger partial charge is 0.344 e. The van der Waals surface area contributed by atoms with Gasteiger partial charge in [-0.15, -0.1) is 0 Å². The van der Waals surface area contributed by atoms with E-state index in [9.17, 15) is 0 Å². The third-order valence-electron chi connectivity index (χ3n) is 2.77. The minimum atomic E-state index is 0.958. The molecule has 0 unspecified atom stereocenters. The van der Waals surface area contributed by atoms with Gasteiger partial charge in [-0.25, -0.2) is 0 Å². The molecule has 0 aliphatic heterocycles. The number of hydrogen-bond acceptors (Lipinski definition) is 0. The number of rotatable bonds is 3. The molecule has 1 nitrogen and oxygen atoms in total. The predicted molar refractivity (Wildman–Crippen MR) is 71.7 cm³/mol. The van der Waals surface area contributed by atoms with Gasteiger partial charge in [0.05, 0.1) is 5.69 Å². The first kappa shape index (κ1) is 11.5. The second kappa shape index (κ2) is 5.96. The molecule has 1 heteroatoms. The Morgan fingerprint density at radius 3 is 2.59 bits per heavy atom. The van der Waals surface area contributed by atoms with Crippen LogP contribution in [-0.2, 0) is 13.5 Å². The summed E-state index contributed by atoms with van der Waals surface area (Å²) in [6.07, 6.45) is 5.22. The molecule has 1 aromatic heterocycles. The summed E-state index contributed by atoms with van der Waals surface area (Å²) in [5.41, 5.74) is 2.48. The minimum absolute atomic E-state index is 0.958. The number of aromatic nitrogens is 1. The van der Waals surface area contributed by atoms with Gasteiger partial charge in [0.15, 0.2) is 0 Å². The van der Waals surface area contributed by atoms with Gasteiger partial charge in [-0.2, -0.15) is 0 Å². The lowest BCUT2D eigenvalue weighted by molar-refractivity contribution is 0.856. The van der Waals surface area contributed by atoms with E-state index in [0.29, 0.717) is 0 Å². The van der Waals surface area contributed by atoms with Crippen LogP contribution in [-0.4, -0.2) is 4.57 Å². The summed E-state index contributed by atoms with van der Waals surface area (Å²) in [6, 6.07) is 14.6. The molecule has 0 spiro atoms. The van der Waals surface area contributed by atoms with Crippen LogP contribution in [0.2, 0.25) is 0 Å².